The zero-order chi connectivity index (χ0) is 39.4. The molecule has 1 aliphatic carbocycles. The molecule has 0 unspecified atom stereocenters. The van der Waals surface area contributed by atoms with E-state index in [1.807, 2.05) is 34.1 Å². The SMILES string of the molecule is C=C/C=C(\C)SOC.Cc1c(-c2ccnn2-c2ccc(C#N)cc2)n(C(=O)NC2(c3ncc(C[N+](C)(C)C)o3)CC2)c(=O)n1-c1cccc(C(F)(F)F)c1. The maximum absolute atomic E-state index is 14.1. The number of nitrogens with zero attached hydrogens (tertiary/aromatic N) is 7. The minimum Gasteiger partial charge on any atom is -0.437 e. The molecule has 0 bridgehead atoms. The number of allylic oxidation sites excluding steroid dienone is 3. The number of nitriles is 1. The number of benzene rings is 2. The highest BCUT2D eigenvalue weighted by molar-refractivity contribution is 7.98. The number of amides is 1. The molecular weight excluding hydrogens is 722 g/mol. The number of halogens is 3. The van der Waals surface area contributed by atoms with Gasteiger partial charge in [0.1, 0.15) is 17.8 Å². The van der Waals surface area contributed by atoms with Crippen LogP contribution in [0.25, 0.3) is 22.8 Å². The number of carbonyl (C=O) groups excluding carboxylic acids is 1. The van der Waals surface area contributed by atoms with Crippen LogP contribution in [0.5, 0.6) is 0 Å². The second-order valence-corrected chi connectivity index (χ2v) is 14.7. The fraction of sp³-hybridized carbons (Fsp3) is 0.289. The second kappa shape index (κ2) is 15.8. The summed E-state index contributed by atoms with van der Waals surface area (Å²) < 4.78 is 55.8. The third kappa shape index (κ3) is 8.76. The topological polar surface area (TPSA) is 133 Å². The van der Waals surface area contributed by atoms with Crippen molar-refractivity contribution in [3.63, 3.8) is 0 Å². The van der Waals surface area contributed by atoms with E-state index in [0.29, 0.717) is 52.5 Å². The van der Waals surface area contributed by atoms with Crippen molar-refractivity contribution >= 4 is 18.1 Å². The van der Waals surface area contributed by atoms with E-state index in [1.54, 1.807) is 56.6 Å². The van der Waals surface area contributed by atoms with E-state index in [1.165, 1.54) is 35.1 Å². The summed E-state index contributed by atoms with van der Waals surface area (Å²) in [7, 11) is 7.66. The Bertz CT molecular complexity index is 2280. The maximum atomic E-state index is 14.1. The lowest BCUT2D eigenvalue weighted by molar-refractivity contribution is -0.884. The summed E-state index contributed by atoms with van der Waals surface area (Å²) in [4.78, 5) is 33.8. The largest absolute Gasteiger partial charge is 0.437 e. The van der Waals surface area contributed by atoms with E-state index in [0.717, 1.165) is 26.2 Å². The van der Waals surface area contributed by atoms with Crippen LogP contribution in [0.1, 0.15) is 48.2 Å². The summed E-state index contributed by atoms with van der Waals surface area (Å²) >= 11 is 1.35. The van der Waals surface area contributed by atoms with Gasteiger partial charge in [-0.1, -0.05) is 24.8 Å². The van der Waals surface area contributed by atoms with Crippen molar-refractivity contribution in [1.29, 1.82) is 5.26 Å². The molecule has 5 aromatic rings. The zero-order valence-electron chi connectivity index (χ0n) is 30.6. The number of hydrogen-bond donors (Lipinski definition) is 1. The molecule has 3 heterocycles. The molecule has 0 aliphatic heterocycles. The van der Waals surface area contributed by atoms with Crippen LogP contribution < -0.4 is 11.0 Å². The van der Waals surface area contributed by atoms with Gasteiger partial charge < -0.3 is 18.4 Å². The van der Waals surface area contributed by atoms with Crippen molar-refractivity contribution in [3.8, 4) is 28.8 Å². The molecule has 12 nitrogen and oxygen atoms in total. The summed E-state index contributed by atoms with van der Waals surface area (Å²) in [5.41, 5.74) is -1.21. The number of carbonyl (C=O) groups is 1. The van der Waals surface area contributed by atoms with Gasteiger partial charge in [-0.05, 0) is 75.2 Å². The van der Waals surface area contributed by atoms with Crippen molar-refractivity contribution in [2.24, 2.45) is 0 Å². The molecule has 0 spiro atoms. The molecule has 1 amide bonds. The Labute approximate surface area is 314 Å². The number of alkyl halides is 3. The molecule has 2 aromatic carbocycles. The quantitative estimate of drug-likeness (QED) is 0.0879. The van der Waals surface area contributed by atoms with Crippen LogP contribution in [0.15, 0.2) is 99.8 Å². The van der Waals surface area contributed by atoms with Gasteiger partial charge in [0.2, 0.25) is 5.89 Å². The van der Waals surface area contributed by atoms with E-state index in [4.69, 9.17) is 8.60 Å². The fourth-order valence-electron chi connectivity index (χ4n) is 5.76. The third-order valence-corrected chi connectivity index (χ3v) is 8.87. The van der Waals surface area contributed by atoms with Crippen LogP contribution in [0.2, 0.25) is 0 Å². The zero-order valence-corrected chi connectivity index (χ0v) is 31.5. The predicted octanol–water partition coefficient (Wildman–Crippen LogP) is 7.50. The highest BCUT2D eigenvalue weighted by atomic mass is 32.2. The molecule has 282 valence electrons. The number of rotatable bonds is 10. The number of aromatic nitrogens is 5. The lowest BCUT2D eigenvalue weighted by Crippen LogP contribution is -2.42. The molecule has 0 saturated heterocycles. The lowest BCUT2D eigenvalue weighted by atomic mass is 10.2. The number of hydrogen-bond acceptors (Lipinski definition) is 8. The van der Waals surface area contributed by atoms with Gasteiger partial charge in [-0.25, -0.2) is 23.8 Å². The molecule has 1 aliphatic rings. The van der Waals surface area contributed by atoms with Gasteiger partial charge in [-0.2, -0.15) is 23.5 Å². The number of quaternary nitrogens is 1. The first-order chi connectivity index (χ1) is 25.5. The van der Waals surface area contributed by atoms with Gasteiger partial charge in [-0.3, -0.25) is 4.57 Å². The van der Waals surface area contributed by atoms with E-state index in [2.05, 4.69) is 28.0 Å². The molecule has 3 aromatic heterocycles. The van der Waals surface area contributed by atoms with Gasteiger partial charge in [0, 0.05) is 16.9 Å². The lowest BCUT2D eigenvalue weighted by Gasteiger charge is -2.22. The van der Waals surface area contributed by atoms with Crippen LogP contribution in [0.3, 0.4) is 0 Å². The minimum absolute atomic E-state index is 0.0617. The Morgan fingerprint density at radius 3 is 2.46 bits per heavy atom. The van der Waals surface area contributed by atoms with Crippen LogP contribution >= 0.6 is 12.0 Å². The van der Waals surface area contributed by atoms with E-state index in [9.17, 15) is 28.0 Å². The van der Waals surface area contributed by atoms with Crippen LogP contribution in [0.4, 0.5) is 18.0 Å². The Morgan fingerprint density at radius 2 is 1.87 bits per heavy atom. The predicted molar refractivity (Wildman–Crippen MR) is 199 cm³/mol. The Hall–Kier alpha value is -5.63. The minimum atomic E-state index is -4.65. The van der Waals surface area contributed by atoms with E-state index < -0.39 is 29.0 Å². The van der Waals surface area contributed by atoms with Gasteiger partial charge in [0.15, 0.2) is 5.76 Å². The molecule has 54 heavy (non-hydrogen) atoms. The molecule has 6 rings (SSSR count). The summed E-state index contributed by atoms with van der Waals surface area (Å²) in [6.07, 6.45) is 3.12. The van der Waals surface area contributed by atoms with Crippen molar-refractivity contribution in [1.82, 2.24) is 29.2 Å². The Kier molecular flexibility index (Phi) is 11.6. The average Bonchev–Trinajstić information content (AvgIpc) is 3.39. The van der Waals surface area contributed by atoms with E-state index >= 15 is 0 Å². The standard InChI is InChI=1S/C32H29F3N8O3.C6H10OS/c1-20-27(26-12-15-38-42(26)23-10-8-21(17-36)9-11-23)41(30(45)40(20)24-7-5-6-22(16-24)32(33,34)35)29(44)39-31(13-14-31)28-37-18-25(46-28)19-43(2,3)4;1-4-5-6(2)8-7-3/h5-12,15-16,18H,13-14,19H2,1-4H3;4-5H,1H2,2-3H3/p+1/b;6-5+. The van der Waals surface area contributed by atoms with Crippen LogP contribution in [-0.2, 0) is 22.4 Å². The van der Waals surface area contributed by atoms with Gasteiger partial charge in [0.25, 0.3) is 0 Å². The van der Waals surface area contributed by atoms with Crippen molar-refractivity contribution in [2.75, 3.05) is 28.3 Å². The van der Waals surface area contributed by atoms with Gasteiger partial charge in [0.05, 0.1) is 80.6 Å². The van der Waals surface area contributed by atoms with E-state index in [-0.39, 0.29) is 17.1 Å². The summed E-state index contributed by atoms with van der Waals surface area (Å²) in [5.74, 6) is 0.953. The molecule has 1 N–H and O–H groups in total. The summed E-state index contributed by atoms with van der Waals surface area (Å²) in [5, 5.41) is 16.5. The summed E-state index contributed by atoms with van der Waals surface area (Å²) in [6, 6.07) is 13.7. The first-order valence-electron chi connectivity index (χ1n) is 16.7. The fourth-order valence-corrected chi connectivity index (χ4v) is 6.17. The van der Waals surface area contributed by atoms with Gasteiger partial charge in [-0.15, -0.1) is 0 Å². The van der Waals surface area contributed by atoms with Crippen LogP contribution in [0, 0.1) is 18.3 Å². The number of nitrogens with one attached hydrogen (secondary N) is 1. The molecule has 16 heteroatoms. The van der Waals surface area contributed by atoms with Crippen LogP contribution in [-0.4, -0.2) is 62.7 Å². The number of oxazole rings is 1. The number of imidazole rings is 1. The van der Waals surface area contributed by atoms with Gasteiger partial charge >= 0.3 is 17.9 Å². The Morgan fingerprint density at radius 1 is 1.17 bits per heavy atom. The Balaban J connectivity index is 0.000000631. The molecule has 1 saturated carbocycles. The monoisotopic (exact) mass is 761 g/mol. The average molecular weight is 762 g/mol. The van der Waals surface area contributed by atoms with Crippen molar-refractivity contribution in [3.05, 3.63) is 130 Å². The second-order valence-electron chi connectivity index (χ2n) is 13.6. The summed E-state index contributed by atoms with van der Waals surface area (Å²) in [6.45, 7) is 7.62. The molecule has 1 fully saturated rings. The van der Waals surface area contributed by atoms with Crippen molar-refractivity contribution < 1.29 is 31.0 Å². The maximum Gasteiger partial charge on any atom is 0.416 e. The molecule has 0 atom stereocenters. The molecule has 0 radical (unpaired) electrons. The normalized spacial score (nSPS) is 13.8. The first-order valence-corrected chi connectivity index (χ1v) is 17.4. The highest BCUT2D eigenvalue weighted by Crippen LogP contribution is 2.45. The van der Waals surface area contributed by atoms with Crippen molar-refractivity contribution in [2.45, 2.75) is 44.9 Å². The highest BCUT2D eigenvalue weighted by Gasteiger charge is 2.51. The molecular formula is C38H40F3N8O4S+. The third-order valence-electron chi connectivity index (χ3n) is 8.30. The smallest absolute Gasteiger partial charge is 0.416 e. The first kappa shape index (κ1) is 39.6.